The molecule has 0 amide bonds. The number of aryl methyl sites for hydroxylation is 2. The van der Waals surface area contributed by atoms with Crippen LogP contribution in [0.2, 0.25) is 0 Å². The molecule has 3 rings (SSSR count). The monoisotopic (exact) mass is 320 g/mol. The number of aromatic nitrogens is 2. The fourth-order valence-electron chi connectivity index (χ4n) is 2.89. The minimum Gasteiger partial charge on any atom is -0.374 e. The first-order valence-electron chi connectivity index (χ1n) is 7.78. The Morgan fingerprint density at radius 2 is 2.18 bits per heavy atom. The van der Waals surface area contributed by atoms with Crippen molar-refractivity contribution in [3.63, 3.8) is 0 Å². The molecule has 22 heavy (non-hydrogen) atoms. The Morgan fingerprint density at radius 1 is 1.36 bits per heavy atom. The molecular weight excluding hydrogens is 296 g/mol. The van der Waals surface area contributed by atoms with Crippen LogP contribution >= 0.6 is 11.3 Å². The summed E-state index contributed by atoms with van der Waals surface area (Å²) in [5, 5.41) is 1.22. The molecule has 0 N–H and O–H groups in total. The molecule has 3 heterocycles. The smallest absolute Gasteiger partial charge is 0.141 e. The van der Waals surface area contributed by atoms with E-state index < -0.39 is 0 Å². The molecule has 120 valence electrons. The summed E-state index contributed by atoms with van der Waals surface area (Å²) in [6.07, 6.45) is 3.03. The number of ether oxygens (including phenoxy) is 1. The van der Waals surface area contributed by atoms with Crippen molar-refractivity contribution in [2.75, 3.05) is 45.2 Å². The highest BCUT2D eigenvalue weighted by atomic mass is 32.1. The highest BCUT2D eigenvalue weighted by Crippen LogP contribution is 2.34. The molecular formula is C16H24N4OS. The zero-order valence-electron chi connectivity index (χ0n) is 13.8. The number of morpholine rings is 1. The van der Waals surface area contributed by atoms with Gasteiger partial charge in [0.15, 0.2) is 0 Å². The van der Waals surface area contributed by atoms with Crippen molar-refractivity contribution in [3.05, 3.63) is 16.8 Å². The molecule has 1 unspecified atom stereocenters. The number of anilines is 1. The first-order valence-corrected chi connectivity index (χ1v) is 8.60. The van der Waals surface area contributed by atoms with Gasteiger partial charge in [-0.25, -0.2) is 9.97 Å². The van der Waals surface area contributed by atoms with Gasteiger partial charge in [-0.05, 0) is 39.9 Å². The van der Waals surface area contributed by atoms with Gasteiger partial charge in [-0.2, -0.15) is 0 Å². The van der Waals surface area contributed by atoms with Crippen LogP contribution in [0, 0.1) is 13.8 Å². The molecule has 6 heteroatoms. The van der Waals surface area contributed by atoms with Crippen LogP contribution in [0.1, 0.15) is 16.9 Å². The van der Waals surface area contributed by atoms with Gasteiger partial charge in [0.05, 0.1) is 18.1 Å². The van der Waals surface area contributed by atoms with Crippen molar-refractivity contribution in [3.8, 4) is 0 Å². The van der Waals surface area contributed by atoms with Crippen LogP contribution in [-0.4, -0.2) is 61.3 Å². The van der Waals surface area contributed by atoms with Gasteiger partial charge in [-0.15, -0.1) is 11.3 Å². The van der Waals surface area contributed by atoms with Crippen LogP contribution in [0.3, 0.4) is 0 Å². The first kappa shape index (κ1) is 15.6. The largest absolute Gasteiger partial charge is 0.374 e. The van der Waals surface area contributed by atoms with Crippen LogP contribution in [0.15, 0.2) is 6.33 Å². The summed E-state index contributed by atoms with van der Waals surface area (Å²) in [5.74, 6) is 1.07. The average molecular weight is 320 g/mol. The minimum absolute atomic E-state index is 0.279. The minimum atomic E-state index is 0.279. The van der Waals surface area contributed by atoms with Crippen molar-refractivity contribution in [2.45, 2.75) is 26.4 Å². The van der Waals surface area contributed by atoms with Crippen LogP contribution in [0.25, 0.3) is 10.2 Å². The lowest BCUT2D eigenvalue weighted by atomic mass is 10.1. The fourth-order valence-corrected chi connectivity index (χ4v) is 3.88. The molecule has 2 aromatic rings. The Bertz CT molecular complexity index is 655. The van der Waals surface area contributed by atoms with E-state index in [1.165, 1.54) is 15.8 Å². The molecule has 0 saturated carbocycles. The van der Waals surface area contributed by atoms with Crippen molar-refractivity contribution in [1.82, 2.24) is 14.9 Å². The number of fused-ring (bicyclic) bond motifs is 1. The SMILES string of the molecule is Cc1sc2ncnc(N3CCOC(CCN(C)C)C3)c2c1C. The summed E-state index contributed by atoms with van der Waals surface area (Å²) in [5.41, 5.74) is 1.31. The Balaban J connectivity index is 1.84. The van der Waals surface area contributed by atoms with Gasteiger partial charge in [0.25, 0.3) is 0 Å². The van der Waals surface area contributed by atoms with Gasteiger partial charge in [-0.3, -0.25) is 0 Å². The second-order valence-electron chi connectivity index (χ2n) is 6.19. The van der Waals surface area contributed by atoms with E-state index >= 15 is 0 Å². The van der Waals surface area contributed by atoms with E-state index in [2.05, 4.69) is 47.7 Å². The fraction of sp³-hybridized carbons (Fsp3) is 0.625. The quantitative estimate of drug-likeness (QED) is 0.865. The average Bonchev–Trinajstić information content (AvgIpc) is 2.80. The Hall–Kier alpha value is -1.24. The van der Waals surface area contributed by atoms with Gasteiger partial charge >= 0.3 is 0 Å². The molecule has 0 aromatic carbocycles. The molecule has 1 aliphatic heterocycles. The van der Waals surface area contributed by atoms with E-state index in [9.17, 15) is 0 Å². The molecule has 1 atom stereocenters. The van der Waals surface area contributed by atoms with Gasteiger partial charge in [0, 0.05) is 24.5 Å². The summed E-state index contributed by atoms with van der Waals surface area (Å²) < 4.78 is 5.92. The molecule has 0 bridgehead atoms. The number of thiophene rings is 1. The summed E-state index contributed by atoms with van der Waals surface area (Å²) in [7, 11) is 4.21. The second-order valence-corrected chi connectivity index (χ2v) is 7.39. The molecule has 1 saturated heterocycles. The van der Waals surface area contributed by atoms with E-state index in [0.717, 1.165) is 43.3 Å². The molecule has 2 aromatic heterocycles. The van der Waals surface area contributed by atoms with Gasteiger partial charge in [0.2, 0.25) is 0 Å². The molecule has 1 fully saturated rings. The lowest BCUT2D eigenvalue weighted by Gasteiger charge is -2.34. The van der Waals surface area contributed by atoms with Crippen molar-refractivity contribution >= 4 is 27.4 Å². The molecule has 0 radical (unpaired) electrons. The van der Waals surface area contributed by atoms with Gasteiger partial charge in [-0.1, -0.05) is 0 Å². The third kappa shape index (κ3) is 3.09. The Kier molecular flexibility index (Phi) is 4.61. The normalized spacial score (nSPS) is 19.3. The zero-order valence-corrected chi connectivity index (χ0v) is 14.6. The standard InChI is InChI=1S/C16H24N4OS/c1-11-12(2)22-16-14(11)15(17-10-18-16)20-7-8-21-13(9-20)5-6-19(3)4/h10,13H,5-9H2,1-4H3. The van der Waals surface area contributed by atoms with Crippen LogP contribution < -0.4 is 4.90 Å². The maximum atomic E-state index is 5.92. The zero-order chi connectivity index (χ0) is 15.7. The predicted molar refractivity (Wildman–Crippen MR) is 92.0 cm³/mol. The van der Waals surface area contributed by atoms with Crippen LogP contribution in [-0.2, 0) is 4.74 Å². The lowest BCUT2D eigenvalue weighted by Crippen LogP contribution is -2.44. The van der Waals surface area contributed by atoms with Gasteiger partial charge < -0.3 is 14.5 Å². The Labute approximate surface area is 135 Å². The summed E-state index contributed by atoms with van der Waals surface area (Å²) in [6.45, 7) is 7.96. The lowest BCUT2D eigenvalue weighted by molar-refractivity contribution is 0.0310. The van der Waals surface area contributed by atoms with E-state index in [-0.39, 0.29) is 6.10 Å². The second kappa shape index (κ2) is 6.48. The maximum absolute atomic E-state index is 5.92. The molecule has 5 nitrogen and oxygen atoms in total. The highest BCUT2D eigenvalue weighted by Gasteiger charge is 2.24. The van der Waals surface area contributed by atoms with Crippen molar-refractivity contribution < 1.29 is 4.74 Å². The third-order valence-electron chi connectivity index (χ3n) is 4.28. The van der Waals surface area contributed by atoms with E-state index in [1.807, 2.05) is 0 Å². The first-order chi connectivity index (χ1) is 10.6. The van der Waals surface area contributed by atoms with E-state index in [4.69, 9.17) is 4.74 Å². The number of hydrogen-bond acceptors (Lipinski definition) is 6. The molecule has 1 aliphatic rings. The summed E-state index contributed by atoms with van der Waals surface area (Å²) >= 11 is 1.76. The number of rotatable bonds is 4. The number of hydrogen-bond donors (Lipinski definition) is 0. The van der Waals surface area contributed by atoms with Gasteiger partial charge in [0.1, 0.15) is 17.0 Å². The summed E-state index contributed by atoms with van der Waals surface area (Å²) in [6, 6.07) is 0. The van der Waals surface area contributed by atoms with E-state index in [0.29, 0.717) is 0 Å². The molecule has 0 aliphatic carbocycles. The predicted octanol–water partition coefficient (Wildman–Crippen LogP) is 2.47. The van der Waals surface area contributed by atoms with Crippen LogP contribution in [0.4, 0.5) is 5.82 Å². The van der Waals surface area contributed by atoms with E-state index in [1.54, 1.807) is 17.7 Å². The molecule has 0 spiro atoms. The maximum Gasteiger partial charge on any atom is 0.141 e. The highest BCUT2D eigenvalue weighted by molar-refractivity contribution is 7.18. The Morgan fingerprint density at radius 3 is 2.95 bits per heavy atom. The van der Waals surface area contributed by atoms with Crippen molar-refractivity contribution in [1.29, 1.82) is 0 Å². The third-order valence-corrected chi connectivity index (χ3v) is 5.40. The van der Waals surface area contributed by atoms with Crippen LogP contribution in [0.5, 0.6) is 0 Å². The topological polar surface area (TPSA) is 41.5 Å². The summed E-state index contributed by atoms with van der Waals surface area (Å²) in [4.78, 5) is 16.0. The number of nitrogens with zero attached hydrogens (tertiary/aromatic N) is 4. The van der Waals surface area contributed by atoms with Crippen molar-refractivity contribution in [2.24, 2.45) is 0 Å².